The number of amides is 1. The average Bonchev–Trinajstić information content (AvgIpc) is 3.23. The van der Waals surface area contributed by atoms with Crippen molar-refractivity contribution in [2.75, 3.05) is 12.2 Å². The van der Waals surface area contributed by atoms with E-state index < -0.39 is 70.4 Å². The van der Waals surface area contributed by atoms with Crippen LogP contribution in [0.2, 0.25) is 0 Å². The van der Waals surface area contributed by atoms with Crippen LogP contribution in [0.4, 0.5) is 0 Å². The van der Waals surface area contributed by atoms with Crippen molar-refractivity contribution in [2.24, 2.45) is 52.3 Å². The van der Waals surface area contributed by atoms with Gasteiger partial charge in [-0.1, -0.05) is 34.1 Å². The van der Waals surface area contributed by atoms with Crippen LogP contribution in [-0.4, -0.2) is 53.5 Å². The van der Waals surface area contributed by atoms with Gasteiger partial charge in [0, 0.05) is 21.1 Å². The number of carbonyl (C=O) groups is 1. The Balaban J connectivity index is 1.55. The SMILES string of the molecule is [2H]C1([2H])C[C@]2(C)C3CC[C@@]4(C)C(CC[C@@H]4[C@H](C)CCC(=O)NC([2H])([2H])C([2H])([2H])S(=O)(=O)O)C3[C@H](O)[C@H](CC)[C@@H]2C([2H])([2H])C1([2H])O. The molecule has 0 spiro atoms. The number of aliphatic hydroxyl groups is 2. The van der Waals surface area contributed by atoms with E-state index in [-0.39, 0.29) is 47.8 Å². The second-order valence-electron chi connectivity index (χ2n) is 12.2. The van der Waals surface area contributed by atoms with E-state index in [2.05, 4.69) is 6.92 Å². The van der Waals surface area contributed by atoms with Gasteiger partial charge in [0.05, 0.1) is 22.0 Å². The van der Waals surface area contributed by atoms with Crippen LogP contribution >= 0.6 is 0 Å². The molecule has 4 unspecified atom stereocenters. The predicted molar refractivity (Wildman–Crippen MR) is 140 cm³/mol. The zero-order valence-electron chi connectivity index (χ0n) is 30.8. The third-order valence-electron chi connectivity index (χ3n) is 10.5. The van der Waals surface area contributed by atoms with Gasteiger partial charge < -0.3 is 15.5 Å². The summed E-state index contributed by atoms with van der Waals surface area (Å²) in [5.41, 5.74) is -4.92. The molecule has 4 saturated carbocycles. The first-order valence-corrected chi connectivity index (χ1v) is 14.8. The van der Waals surface area contributed by atoms with Crippen LogP contribution in [0.25, 0.3) is 0 Å². The third kappa shape index (κ3) is 5.13. The molecule has 8 heteroatoms. The molecule has 0 aromatic heterocycles. The van der Waals surface area contributed by atoms with Crippen molar-refractivity contribution in [1.29, 1.82) is 0 Å². The Morgan fingerprint density at radius 1 is 1.17 bits per heavy atom. The van der Waals surface area contributed by atoms with Crippen LogP contribution in [0.5, 0.6) is 0 Å². The molecule has 36 heavy (non-hydrogen) atoms. The summed E-state index contributed by atoms with van der Waals surface area (Å²) in [6.07, 6.45) is -5.76. The minimum atomic E-state index is -5.46. The summed E-state index contributed by atoms with van der Waals surface area (Å²) in [6.45, 7) is 4.52. The molecule has 4 aliphatic rings. The molecule has 0 aromatic rings. The lowest BCUT2D eigenvalue weighted by molar-refractivity contribution is -0.203. The Morgan fingerprint density at radius 3 is 2.53 bits per heavy atom. The summed E-state index contributed by atoms with van der Waals surface area (Å²) in [5, 5.41) is 24.7. The monoisotopic (exact) mass is 536 g/mol. The highest BCUT2D eigenvalue weighted by Crippen LogP contribution is 2.69. The van der Waals surface area contributed by atoms with E-state index in [1.54, 1.807) is 5.32 Å². The van der Waals surface area contributed by atoms with E-state index in [0.29, 0.717) is 19.3 Å². The average molecular weight is 537 g/mol. The van der Waals surface area contributed by atoms with Crippen LogP contribution in [0.3, 0.4) is 0 Å². The maximum Gasteiger partial charge on any atom is 0.266 e. The number of hydrogen-bond acceptors (Lipinski definition) is 5. The van der Waals surface area contributed by atoms with Crippen LogP contribution in [0.15, 0.2) is 0 Å². The molecule has 0 aliphatic heterocycles. The fourth-order valence-corrected chi connectivity index (χ4v) is 9.04. The molecule has 0 aromatic carbocycles. The smallest absolute Gasteiger partial charge is 0.266 e. The summed E-state index contributed by atoms with van der Waals surface area (Å²) < 4.78 is 106. The number of rotatable bonds is 8. The van der Waals surface area contributed by atoms with Gasteiger partial charge in [-0.25, -0.2) is 0 Å². The molecule has 208 valence electrons. The number of hydrogen-bond donors (Lipinski definition) is 4. The maximum absolute atomic E-state index is 12.6. The lowest BCUT2D eigenvalue weighted by atomic mass is 9.41. The summed E-state index contributed by atoms with van der Waals surface area (Å²) in [4.78, 5) is 12.6. The van der Waals surface area contributed by atoms with E-state index in [1.165, 1.54) is 0 Å². The molecule has 0 radical (unpaired) electrons. The maximum atomic E-state index is 12.6. The van der Waals surface area contributed by atoms with Crippen LogP contribution in [-0.2, 0) is 14.9 Å². The van der Waals surface area contributed by atoms with Gasteiger partial charge >= 0.3 is 0 Å². The van der Waals surface area contributed by atoms with Crippen LogP contribution < -0.4 is 5.32 Å². The second kappa shape index (κ2) is 10.5. The Hall–Kier alpha value is -0.700. The summed E-state index contributed by atoms with van der Waals surface area (Å²) >= 11 is 0. The standard InChI is InChI=1S/C28H49NO6S/c1-5-19-23-16-18(30)10-12-28(23,4)22-11-13-27(3)20(7-8-21(27)25(22)26(19)32)17(2)6-9-24(31)29-14-15-36(33,34)35/h17-23,25-26,30,32H,5-16H2,1-4H3,(H,29,31)(H,33,34,35)/t17-,18?,19-,20-,21?,22?,23+,25?,26-,27-,28-/m1/s1/i10D2,14D2,15D2,16D2,18D. The van der Waals surface area contributed by atoms with Crippen molar-refractivity contribution in [2.45, 2.75) is 104 Å². The normalized spacial score (nSPS) is 54.6. The fourth-order valence-electron chi connectivity index (χ4n) is 8.86. The van der Waals surface area contributed by atoms with Gasteiger partial charge in [-0.15, -0.1) is 0 Å². The highest BCUT2D eigenvalue weighted by atomic mass is 32.2. The predicted octanol–water partition coefficient (Wildman–Crippen LogP) is 4.03. The molecule has 7 nitrogen and oxygen atoms in total. The van der Waals surface area contributed by atoms with Gasteiger partial charge in [0.25, 0.3) is 10.1 Å². The first-order chi connectivity index (χ1) is 20.2. The quantitative estimate of drug-likeness (QED) is 0.347. The Bertz CT molecular complexity index is 1280. The Kier molecular flexibility index (Phi) is 5.39. The van der Waals surface area contributed by atoms with E-state index in [0.717, 1.165) is 19.3 Å². The van der Waals surface area contributed by atoms with Crippen molar-refractivity contribution in [3.05, 3.63) is 0 Å². The molecule has 1 amide bonds. The van der Waals surface area contributed by atoms with Crippen LogP contribution in [0.1, 0.15) is 104 Å². The molecule has 0 saturated heterocycles. The minimum absolute atomic E-state index is 0.0315. The van der Waals surface area contributed by atoms with Gasteiger partial charge in [-0.3, -0.25) is 9.35 Å². The molecule has 4 rings (SSSR count). The fraction of sp³-hybridized carbons (Fsp3) is 0.964. The minimum Gasteiger partial charge on any atom is -0.393 e. The van der Waals surface area contributed by atoms with Crippen molar-refractivity contribution >= 4 is 16.0 Å². The van der Waals surface area contributed by atoms with Crippen molar-refractivity contribution in [3.63, 3.8) is 0 Å². The molecule has 11 atom stereocenters. The number of aliphatic hydroxyl groups excluding tert-OH is 1. The van der Waals surface area contributed by atoms with Crippen LogP contribution in [0, 0.1) is 52.3 Å². The summed E-state index contributed by atoms with van der Waals surface area (Å²) in [6, 6.07) is 0. The topological polar surface area (TPSA) is 124 Å². The van der Waals surface area contributed by atoms with Crippen molar-refractivity contribution < 1.29 is 40.3 Å². The van der Waals surface area contributed by atoms with E-state index in [4.69, 9.17) is 16.9 Å². The molecule has 0 bridgehead atoms. The second-order valence-corrected chi connectivity index (χ2v) is 13.3. The van der Waals surface area contributed by atoms with Gasteiger partial charge in [0.2, 0.25) is 5.91 Å². The van der Waals surface area contributed by atoms with Gasteiger partial charge in [-0.05, 0) is 104 Å². The zero-order chi connectivity index (χ0) is 34.6. The summed E-state index contributed by atoms with van der Waals surface area (Å²) in [5.74, 6) is -2.76. The number of carbonyl (C=O) groups excluding carboxylic acids is 1. The van der Waals surface area contributed by atoms with Gasteiger partial charge in [0.15, 0.2) is 0 Å². The lowest BCUT2D eigenvalue weighted by Crippen LogP contribution is -2.62. The lowest BCUT2D eigenvalue weighted by Gasteiger charge is -2.64. The number of nitrogens with one attached hydrogen (secondary N) is 1. The Morgan fingerprint density at radius 2 is 1.86 bits per heavy atom. The first-order valence-electron chi connectivity index (χ1n) is 17.8. The zero-order valence-corrected chi connectivity index (χ0v) is 22.6. The first kappa shape index (κ1) is 18.6. The van der Waals surface area contributed by atoms with Crippen molar-refractivity contribution in [1.82, 2.24) is 5.32 Å². The summed E-state index contributed by atoms with van der Waals surface area (Å²) in [7, 11) is -5.46. The van der Waals surface area contributed by atoms with Gasteiger partial charge in [0.1, 0.15) is 0 Å². The highest BCUT2D eigenvalue weighted by Gasteiger charge is 2.64. The molecule has 0 heterocycles. The molecular weight excluding hydrogens is 478 g/mol. The molecule has 4 N–H and O–H groups in total. The Labute approximate surface area is 230 Å². The highest BCUT2D eigenvalue weighted by molar-refractivity contribution is 7.85. The van der Waals surface area contributed by atoms with E-state index >= 15 is 0 Å². The van der Waals surface area contributed by atoms with E-state index in [1.807, 2.05) is 20.8 Å². The molecule has 4 aliphatic carbocycles. The van der Waals surface area contributed by atoms with Gasteiger partial charge in [-0.2, -0.15) is 8.42 Å². The molecule has 4 fully saturated rings. The largest absolute Gasteiger partial charge is 0.393 e. The molecular formula is C28H49NO6S. The van der Waals surface area contributed by atoms with E-state index in [9.17, 15) is 23.4 Å². The number of fused-ring (bicyclic) bond motifs is 5. The third-order valence-corrected chi connectivity index (χ3v) is 10.9. The van der Waals surface area contributed by atoms with Crippen molar-refractivity contribution in [3.8, 4) is 0 Å².